The summed E-state index contributed by atoms with van der Waals surface area (Å²) in [5, 5.41) is 0. The van der Waals surface area contributed by atoms with Gasteiger partial charge in [-0.1, -0.05) is 37.5 Å². The van der Waals surface area contributed by atoms with Crippen LogP contribution in [-0.2, 0) is 9.53 Å². The maximum atomic E-state index is 11.8. The Morgan fingerprint density at radius 3 is 2.53 bits per heavy atom. The summed E-state index contributed by atoms with van der Waals surface area (Å²) in [6.45, 7) is 2.67. The van der Waals surface area contributed by atoms with Gasteiger partial charge in [0.05, 0.1) is 6.61 Å². The maximum Gasteiger partial charge on any atom is 0.325 e. The highest BCUT2D eigenvalue weighted by atomic mass is 16.5. The highest BCUT2D eigenvalue weighted by Gasteiger charge is 2.23. The molecule has 1 aromatic rings. The lowest BCUT2D eigenvalue weighted by Gasteiger charge is -2.35. The van der Waals surface area contributed by atoms with Crippen LogP contribution in [-0.4, -0.2) is 25.2 Å². The molecular formula is C16H23NO2. The van der Waals surface area contributed by atoms with Gasteiger partial charge in [-0.2, -0.15) is 0 Å². The van der Waals surface area contributed by atoms with Gasteiger partial charge in [-0.05, 0) is 31.9 Å². The highest BCUT2D eigenvalue weighted by molar-refractivity contribution is 5.76. The zero-order valence-corrected chi connectivity index (χ0v) is 11.7. The van der Waals surface area contributed by atoms with Crippen LogP contribution in [0, 0.1) is 0 Å². The molecule has 0 aromatic heterocycles. The molecule has 0 atom stereocenters. The fourth-order valence-corrected chi connectivity index (χ4v) is 2.79. The van der Waals surface area contributed by atoms with Gasteiger partial charge in [-0.3, -0.25) is 4.79 Å². The molecule has 1 fully saturated rings. The second-order valence-corrected chi connectivity index (χ2v) is 5.06. The van der Waals surface area contributed by atoms with Crippen molar-refractivity contribution >= 4 is 11.7 Å². The molecule has 1 aliphatic rings. The molecule has 0 aliphatic heterocycles. The second-order valence-electron chi connectivity index (χ2n) is 5.06. The number of esters is 1. The van der Waals surface area contributed by atoms with E-state index in [4.69, 9.17) is 4.74 Å². The molecule has 0 amide bonds. The SMILES string of the molecule is CCOC(=O)CN(c1ccccc1)C1CCCCC1. The number of hydrogen-bond donors (Lipinski definition) is 0. The minimum atomic E-state index is -0.128. The molecule has 3 nitrogen and oxygen atoms in total. The molecule has 0 spiro atoms. The van der Waals surface area contributed by atoms with Crippen LogP contribution in [0.5, 0.6) is 0 Å². The predicted molar refractivity (Wildman–Crippen MR) is 77.3 cm³/mol. The fourth-order valence-electron chi connectivity index (χ4n) is 2.79. The van der Waals surface area contributed by atoms with E-state index >= 15 is 0 Å². The number of carbonyl (C=O) groups excluding carboxylic acids is 1. The zero-order valence-electron chi connectivity index (χ0n) is 11.7. The van der Waals surface area contributed by atoms with Crippen LogP contribution in [0.4, 0.5) is 5.69 Å². The van der Waals surface area contributed by atoms with Crippen LogP contribution >= 0.6 is 0 Å². The lowest BCUT2D eigenvalue weighted by Crippen LogP contribution is -2.41. The number of para-hydroxylation sites is 1. The molecule has 0 saturated heterocycles. The van der Waals surface area contributed by atoms with Gasteiger partial charge in [0.2, 0.25) is 0 Å². The Kier molecular flexibility index (Phi) is 5.25. The topological polar surface area (TPSA) is 29.5 Å². The highest BCUT2D eigenvalue weighted by Crippen LogP contribution is 2.27. The number of anilines is 1. The molecule has 3 heteroatoms. The predicted octanol–water partition coefficient (Wildman–Crippen LogP) is 3.39. The third kappa shape index (κ3) is 3.98. The van der Waals surface area contributed by atoms with Gasteiger partial charge >= 0.3 is 5.97 Å². The lowest BCUT2D eigenvalue weighted by molar-refractivity contribution is -0.141. The van der Waals surface area contributed by atoms with Gasteiger partial charge in [0.1, 0.15) is 6.54 Å². The van der Waals surface area contributed by atoms with Crippen LogP contribution in [0.3, 0.4) is 0 Å². The summed E-state index contributed by atoms with van der Waals surface area (Å²) in [6, 6.07) is 10.7. The van der Waals surface area contributed by atoms with E-state index in [1.54, 1.807) is 0 Å². The van der Waals surface area contributed by atoms with Gasteiger partial charge in [-0.15, -0.1) is 0 Å². The van der Waals surface area contributed by atoms with E-state index in [1.165, 1.54) is 32.1 Å². The summed E-state index contributed by atoms with van der Waals surface area (Å²) >= 11 is 0. The van der Waals surface area contributed by atoms with Crippen LogP contribution in [0.25, 0.3) is 0 Å². The summed E-state index contributed by atoms with van der Waals surface area (Å²) in [5.41, 5.74) is 1.13. The van der Waals surface area contributed by atoms with E-state index in [1.807, 2.05) is 25.1 Å². The van der Waals surface area contributed by atoms with E-state index in [0.29, 0.717) is 19.2 Å². The normalized spacial score (nSPS) is 16.1. The van der Waals surface area contributed by atoms with Crippen LogP contribution in [0.1, 0.15) is 39.0 Å². The van der Waals surface area contributed by atoms with Gasteiger partial charge in [0, 0.05) is 11.7 Å². The van der Waals surface area contributed by atoms with E-state index in [0.717, 1.165) is 5.69 Å². The van der Waals surface area contributed by atoms with E-state index in [2.05, 4.69) is 17.0 Å². The zero-order chi connectivity index (χ0) is 13.5. The Balaban J connectivity index is 2.10. The Hall–Kier alpha value is -1.51. The molecule has 1 aliphatic carbocycles. The molecule has 104 valence electrons. The summed E-state index contributed by atoms with van der Waals surface area (Å²) in [5.74, 6) is -0.128. The molecule has 1 aromatic carbocycles. The summed E-state index contributed by atoms with van der Waals surface area (Å²) < 4.78 is 5.10. The first-order chi connectivity index (χ1) is 9.31. The van der Waals surface area contributed by atoms with Crippen molar-refractivity contribution in [1.29, 1.82) is 0 Å². The average Bonchev–Trinajstić information content (AvgIpc) is 2.47. The molecule has 0 radical (unpaired) electrons. The van der Waals surface area contributed by atoms with Crippen molar-refractivity contribution in [2.45, 2.75) is 45.1 Å². The lowest BCUT2D eigenvalue weighted by atomic mass is 9.93. The van der Waals surface area contributed by atoms with Crippen LogP contribution < -0.4 is 4.90 Å². The van der Waals surface area contributed by atoms with E-state index in [9.17, 15) is 4.79 Å². The number of rotatable bonds is 5. The number of benzene rings is 1. The first-order valence-electron chi connectivity index (χ1n) is 7.28. The molecule has 1 saturated carbocycles. The number of ether oxygens (including phenoxy) is 1. The van der Waals surface area contributed by atoms with Crippen molar-refractivity contribution in [3.8, 4) is 0 Å². The molecule has 0 N–H and O–H groups in total. The van der Waals surface area contributed by atoms with Crippen molar-refractivity contribution in [3.63, 3.8) is 0 Å². The van der Waals surface area contributed by atoms with E-state index < -0.39 is 0 Å². The van der Waals surface area contributed by atoms with Crippen molar-refractivity contribution in [1.82, 2.24) is 0 Å². The second kappa shape index (κ2) is 7.17. The van der Waals surface area contributed by atoms with E-state index in [-0.39, 0.29) is 5.97 Å². The molecule has 0 heterocycles. The molecular weight excluding hydrogens is 238 g/mol. The van der Waals surface area contributed by atoms with Crippen molar-refractivity contribution in [3.05, 3.63) is 30.3 Å². The number of carbonyl (C=O) groups is 1. The molecule has 2 rings (SSSR count). The number of hydrogen-bond acceptors (Lipinski definition) is 3. The van der Waals surface area contributed by atoms with Crippen LogP contribution in [0.15, 0.2) is 30.3 Å². The van der Waals surface area contributed by atoms with Gasteiger partial charge in [0.15, 0.2) is 0 Å². The molecule has 0 bridgehead atoms. The molecule has 19 heavy (non-hydrogen) atoms. The largest absolute Gasteiger partial charge is 0.465 e. The first kappa shape index (κ1) is 13.9. The van der Waals surface area contributed by atoms with Crippen molar-refractivity contribution in [2.24, 2.45) is 0 Å². The Labute approximate surface area is 115 Å². The van der Waals surface area contributed by atoms with Gasteiger partial charge < -0.3 is 9.64 Å². The average molecular weight is 261 g/mol. The summed E-state index contributed by atoms with van der Waals surface area (Å²) in [7, 11) is 0. The van der Waals surface area contributed by atoms with Gasteiger partial charge in [-0.25, -0.2) is 0 Å². The first-order valence-corrected chi connectivity index (χ1v) is 7.28. The summed E-state index contributed by atoms with van der Waals surface area (Å²) in [6.07, 6.45) is 6.19. The van der Waals surface area contributed by atoms with Crippen molar-refractivity contribution < 1.29 is 9.53 Å². The fraction of sp³-hybridized carbons (Fsp3) is 0.562. The maximum absolute atomic E-state index is 11.8. The Morgan fingerprint density at radius 1 is 1.21 bits per heavy atom. The molecule has 0 unspecified atom stereocenters. The minimum Gasteiger partial charge on any atom is -0.465 e. The smallest absolute Gasteiger partial charge is 0.325 e. The Morgan fingerprint density at radius 2 is 1.89 bits per heavy atom. The monoisotopic (exact) mass is 261 g/mol. The van der Waals surface area contributed by atoms with Crippen molar-refractivity contribution in [2.75, 3.05) is 18.1 Å². The third-order valence-electron chi connectivity index (χ3n) is 3.71. The standard InChI is InChI=1S/C16H23NO2/c1-2-19-16(18)13-17(14-9-5-3-6-10-14)15-11-7-4-8-12-15/h3,5-6,9-10,15H,2,4,7-8,11-13H2,1H3. The number of nitrogens with zero attached hydrogens (tertiary/aromatic N) is 1. The third-order valence-corrected chi connectivity index (χ3v) is 3.71. The Bertz CT molecular complexity index is 385. The minimum absolute atomic E-state index is 0.128. The van der Waals surface area contributed by atoms with Gasteiger partial charge in [0.25, 0.3) is 0 Å². The van der Waals surface area contributed by atoms with Crippen LogP contribution in [0.2, 0.25) is 0 Å². The quantitative estimate of drug-likeness (QED) is 0.761. The summed E-state index contributed by atoms with van der Waals surface area (Å²) in [4.78, 5) is 14.0.